The highest BCUT2D eigenvalue weighted by molar-refractivity contribution is 7.18. The van der Waals surface area contributed by atoms with E-state index in [0.717, 1.165) is 40.6 Å². The molecule has 1 saturated heterocycles. The van der Waals surface area contributed by atoms with Crippen LogP contribution in [0.1, 0.15) is 46.4 Å². The zero-order valence-electron chi connectivity index (χ0n) is 17.1. The number of fused-ring (bicyclic) bond motifs is 1. The standard InChI is InChI=1S/C22H26N4O2S/c1-13-8-10-26(11-9-13)12-18-24-21(19-14(2)15(3)29-22(19)25-18)28-17-7-5-4-6-16(17)20(23)27/h4-7,13H,8-12H2,1-3H3,(H2,23,27). The summed E-state index contributed by atoms with van der Waals surface area (Å²) in [7, 11) is 0. The number of nitrogens with two attached hydrogens (primary N) is 1. The highest BCUT2D eigenvalue weighted by atomic mass is 32.1. The van der Waals surface area contributed by atoms with Crippen molar-refractivity contribution < 1.29 is 9.53 Å². The van der Waals surface area contributed by atoms with Gasteiger partial charge in [-0.1, -0.05) is 19.1 Å². The highest BCUT2D eigenvalue weighted by Gasteiger charge is 2.21. The van der Waals surface area contributed by atoms with Crippen molar-refractivity contribution in [1.29, 1.82) is 0 Å². The highest BCUT2D eigenvalue weighted by Crippen LogP contribution is 2.37. The van der Waals surface area contributed by atoms with Gasteiger partial charge in [-0.05, 0) is 63.4 Å². The second-order valence-corrected chi connectivity index (χ2v) is 9.03. The molecule has 0 spiro atoms. The maximum Gasteiger partial charge on any atom is 0.252 e. The first-order chi connectivity index (χ1) is 13.9. The SMILES string of the molecule is Cc1sc2nc(CN3CCC(C)CC3)nc(Oc3ccccc3C(N)=O)c2c1C. The van der Waals surface area contributed by atoms with E-state index < -0.39 is 5.91 Å². The van der Waals surface area contributed by atoms with Crippen molar-refractivity contribution in [2.24, 2.45) is 11.7 Å². The molecule has 1 amide bonds. The molecule has 0 unspecified atom stereocenters. The van der Waals surface area contributed by atoms with Crippen LogP contribution in [0.5, 0.6) is 11.6 Å². The van der Waals surface area contributed by atoms with Crippen molar-refractivity contribution in [3.63, 3.8) is 0 Å². The Balaban J connectivity index is 1.73. The number of piperidine rings is 1. The molecule has 0 bridgehead atoms. The summed E-state index contributed by atoms with van der Waals surface area (Å²) >= 11 is 1.65. The molecule has 29 heavy (non-hydrogen) atoms. The zero-order chi connectivity index (χ0) is 20.5. The van der Waals surface area contributed by atoms with Gasteiger partial charge >= 0.3 is 0 Å². The van der Waals surface area contributed by atoms with Crippen LogP contribution in [0.2, 0.25) is 0 Å². The van der Waals surface area contributed by atoms with Gasteiger partial charge in [0, 0.05) is 4.88 Å². The molecule has 1 aliphatic heterocycles. The number of rotatable bonds is 5. The first kappa shape index (κ1) is 19.8. The molecular weight excluding hydrogens is 384 g/mol. The van der Waals surface area contributed by atoms with Crippen molar-refractivity contribution in [2.75, 3.05) is 13.1 Å². The molecule has 7 heteroatoms. The van der Waals surface area contributed by atoms with E-state index in [2.05, 4.69) is 25.7 Å². The van der Waals surface area contributed by atoms with E-state index in [1.54, 1.807) is 29.5 Å². The molecular formula is C22H26N4O2S. The molecule has 1 fully saturated rings. The number of primary amides is 1. The average molecular weight is 411 g/mol. The number of amides is 1. The first-order valence-electron chi connectivity index (χ1n) is 9.98. The fourth-order valence-electron chi connectivity index (χ4n) is 3.68. The van der Waals surface area contributed by atoms with Crippen LogP contribution in [-0.4, -0.2) is 33.9 Å². The van der Waals surface area contributed by atoms with Crippen LogP contribution in [-0.2, 0) is 6.54 Å². The van der Waals surface area contributed by atoms with Gasteiger partial charge in [0.05, 0.1) is 17.5 Å². The quantitative estimate of drug-likeness (QED) is 0.673. The topological polar surface area (TPSA) is 81.3 Å². The van der Waals surface area contributed by atoms with E-state index in [-0.39, 0.29) is 0 Å². The number of carbonyl (C=O) groups is 1. The van der Waals surface area contributed by atoms with Crippen LogP contribution in [0, 0.1) is 19.8 Å². The van der Waals surface area contributed by atoms with Gasteiger partial charge < -0.3 is 10.5 Å². The molecule has 4 rings (SSSR count). The number of likely N-dealkylation sites (tertiary alicyclic amines) is 1. The van der Waals surface area contributed by atoms with E-state index in [9.17, 15) is 4.79 Å². The maximum absolute atomic E-state index is 11.8. The minimum absolute atomic E-state index is 0.343. The third-order valence-corrected chi connectivity index (χ3v) is 6.74. The lowest BCUT2D eigenvalue weighted by atomic mass is 9.99. The van der Waals surface area contributed by atoms with Crippen molar-refractivity contribution >= 4 is 27.5 Å². The zero-order valence-corrected chi connectivity index (χ0v) is 17.9. The molecule has 3 heterocycles. The first-order valence-corrected chi connectivity index (χ1v) is 10.8. The van der Waals surface area contributed by atoms with Crippen molar-refractivity contribution in [3.8, 4) is 11.6 Å². The lowest BCUT2D eigenvalue weighted by Crippen LogP contribution is -2.32. The molecule has 0 atom stereocenters. The van der Waals surface area contributed by atoms with Crippen molar-refractivity contribution in [3.05, 3.63) is 46.1 Å². The number of hydrogen-bond donors (Lipinski definition) is 1. The van der Waals surface area contributed by atoms with Crippen molar-refractivity contribution in [2.45, 2.75) is 40.2 Å². The molecule has 0 radical (unpaired) electrons. The molecule has 1 aromatic carbocycles. The summed E-state index contributed by atoms with van der Waals surface area (Å²) in [5.41, 5.74) is 6.97. The Labute approximate surface area is 174 Å². The van der Waals surface area contributed by atoms with Gasteiger partial charge in [0.15, 0.2) is 0 Å². The number of benzene rings is 1. The third-order valence-electron chi connectivity index (χ3n) is 5.64. The average Bonchev–Trinajstić information content (AvgIpc) is 2.98. The normalized spacial score (nSPS) is 15.7. The summed E-state index contributed by atoms with van der Waals surface area (Å²) in [5, 5.41) is 0.905. The predicted molar refractivity (Wildman–Crippen MR) is 116 cm³/mol. The fraction of sp³-hybridized carbons (Fsp3) is 0.409. The molecule has 2 aromatic heterocycles. The third kappa shape index (κ3) is 4.11. The maximum atomic E-state index is 11.8. The molecule has 152 valence electrons. The molecule has 0 aliphatic carbocycles. The lowest BCUT2D eigenvalue weighted by molar-refractivity contribution is 0.0998. The summed E-state index contributed by atoms with van der Waals surface area (Å²) in [6.45, 7) is 9.26. The summed E-state index contributed by atoms with van der Waals surface area (Å²) in [6.07, 6.45) is 2.41. The summed E-state index contributed by atoms with van der Waals surface area (Å²) in [5.74, 6) is 1.92. The number of carbonyl (C=O) groups excluding carboxylic acids is 1. The Morgan fingerprint density at radius 3 is 2.69 bits per heavy atom. The van der Waals surface area contributed by atoms with E-state index in [4.69, 9.17) is 20.4 Å². The van der Waals surface area contributed by atoms with E-state index in [1.807, 2.05) is 6.07 Å². The van der Waals surface area contributed by atoms with Crippen LogP contribution in [0.15, 0.2) is 24.3 Å². The number of aryl methyl sites for hydroxylation is 2. The molecule has 1 aliphatic rings. The molecule has 2 N–H and O–H groups in total. The van der Waals surface area contributed by atoms with Crippen LogP contribution >= 0.6 is 11.3 Å². The summed E-state index contributed by atoms with van der Waals surface area (Å²) < 4.78 is 6.16. The van der Waals surface area contributed by atoms with Gasteiger partial charge in [-0.3, -0.25) is 9.69 Å². The number of ether oxygens (including phenoxy) is 1. The van der Waals surface area contributed by atoms with Gasteiger partial charge in [0.1, 0.15) is 16.4 Å². The van der Waals surface area contributed by atoms with Crippen LogP contribution < -0.4 is 10.5 Å². The largest absolute Gasteiger partial charge is 0.437 e. The van der Waals surface area contributed by atoms with Crippen LogP contribution in [0.3, 0.4) is 0 Å². The minimum atomic E-state index is -0.521. The molecule has 0 saturated carbocycles. The molecule has 3 aromatic rings. The molecule has 6 nitrogen and oxygen atoms in total. The van der Waals surface area contributed by atoms with Gasteiger partial charge in [-0.2, -0.15) is 4.98 Å². The van der Waals surface area contributed by atoms with Crippen LogP contribution in [0.4, 0.5) is 0 Å². The van der Waals surface area contributed by atoms with E-state index in [1.165, 1.54) is 17.7 Å². The van der Waals surface area contributed by atoms with Crippen molar-refractivity contribution in [1.82, 2.24) is 14.9 Å². The second-order valence-electron chi connectivity index (χ2n) is 7.83. The number of aromatic nitrogens is 2. The monoisotopic (exact) mass is 410 g/mol. The Hall–Kier alpha value is -2.51. The van der Waals surface area contributed by atoms with E-state index in [0.29, 0.717) is 23.7 Å². The summed E-state index contributed by atoms with van der Waals surface area (Å²) in [6, 6.07) is 7.00. The lowest BCUT2D eigenvalue weighted by Gasteiger charge is -2.29. The Morgan fingerprint density at radius 2 is 1.97 bits per heavy atom. The number of thiophene rings is 1. The van der Waals surface area contributed by atoms with Gasteiger partial charge in [0.2, 0.25) is 5.88 Å². The number of para-hydroxylation sites is 1. The van der Waals surface area contributed by atoms with Gasteiger partial charge in [-0.15, -0.1) is 11.3 Å². The Bertz CT molecular complexity index is 1050. The van der Waals surface area contributed by atoms with Crippen LogP contribution in [0.25, 0.3) is 10.2 Å². The summed E-state index contributed by atoms with van der Waals surface area (Å²) in [4.78, 5) is 25.9. The predicted octanol–water partition coefficient (Wildman–Crippen LogP) is 4.43. The van der Waals surface area contributed by atoms with Gasteiger partial charge in [0.25, 0.3) is 5.91 Å². The Kier molecular flexibility index (Phi) is 5.52. The Morgan fingerprint density at radius 1 is 1.24 bits per heavy atom. The van der Waals surface area contributed by atoms with E-state index >= 15 is 0 Å². The minimum Gasteiger partial charge on any atom is -0.437 e. The fourth-order valence-corrected chi connectivity index (χ4v) is 4.72. The van der Waals surface area contributed by atoms with Gasteiger partial charge in [-0.25, -0.2) is 4.98 Å². The number of hydrogen-bond acceptors (Lipinski definition) is 6. The number of nitrogens with zero attached hydrogens (tertiary/aromatic N) is 3. The second kappa shape index (κ2) is 8.08. The smallest absolute Gasteiger partial charge is 0.252 e.